The van der Waals surface area contributed by atoms with Crippen molar-refractivity contribution >= 4 is 27.3 Å². The quantitative estimate of drug-likeness (QED) is 0.701. The Morgan fingerprint density at radius 3 is 2.44 bits per heavy atom. The van der Waals surface area contributed by atoms with E-state index in [1.165, 1.54) is 28.7 Å². The van der Waals surface area contributed by atoms with E-state index in [1.807, 2.05) is 11.3 Å². The number of hydrogen-bond donors (Lipinski definition) is 0. The minimum Gasteiger partial charge on any atom is -0.298 e. The van der Waals surface area contributed by atoms with Gasteiger partial charge in [0.25, 0.3) is 0 Å². The van der Waals surface area contributed by atoms with E-state index < -0.39 is 0 Å². The third-order valence-corrected chi connectivity index (χ3v) is 4.80. The van der Waals surface area contributed by atoms with E-state index >= 15 is 0 Å². The highest BCUT2D eigenvalue weighted by Gasteiger charge is 2.11. The number of rotatable bonds is 7. The summed E-state index contributed by atoms with van der Waals surface area (Å²) in [6.45, 7) is 10.3. The standard InChI is InChI=1S/C13H22BrNS/c1-4-11(5-2)8-15(6-3)9-13-7-12(14)10-16-13/h7,10-11H,4-6,8-9H2,1-3H3. The maximum atomic E-state index is 3.51. The van der Waals surface area contributed by atoms with Crippen LogP contribution in [0, 0.1) is 5.92 Å². The van der Waals surface area contributed by atoms with Gasteiger partial charge in [-0.1, -0.05) is 33.6 Å². The Kier molecular flexibility index (Phi) is 6.62. The van der Waals surface area contributed by atoms with Gasteiger partial charge in [-0.05, 0) is 34.5 Å². The normalized spacial score (nSPS) is 11.6. The highest BCUT2D eigenvalue weighted by Crippen LogP contribution is 2.22. The van der Waals surface area contributed by atoms with Crippen molar-refractivity contribution in [1.82, 2.24) is 4.90 Å². The zero-order valence-electron chi connectivity index (χ0n) is 10.5. The Morgan fingerprint density at radius 1 is 1.31 bits per heavy atom. The van der Waals surface area contributed by atoms with E-state index in [9.17, 15) is 0 Å². The molecule has 0 N–H and O–H groups in total. The highest BCUT2D eigenvalue weighted by molar-refractivity contribution is 9.10. The van der Waals surface area contributed by atoms with Crippen molar-refractivity contribution in [2.75, 3.05) is 13.1 Å². The predicted molar refractivity (Wildman–Crippen MR) is 77.0 cm³/mol. The molecule has 1 aromatic rings. The van der Waals surface area contributed by atoms with Crippen molar-refractivity contribution in [1.29, 1.82) is 0 Å². The molecule has 1 aromatic heterocycles. The second-order valence-electron chi connectivity index (χ2n) is 4.24. The van der Waals surface area contributed by atoms with E-state index in [4.69, 9.17) is 0 Å². The molecular weight excluding hydrogens is 282 g/mol. The summed E-state index contributed by atoms with van der Waals surface area (Å²) < 4.78 is 1.21. The smallest absolute Gasteiger partial charge is 0.0328 e. The van der Waals surface area contributed by atoms with Crippen molar-refractivity contribution in [3.05, 3.63) is 20.8 Å². The Balaban J connectivity index is 2.48. The minimum atomic E-state index is 0.850. The number of thiophene rings is 1. The average Bonchev–Trinajstić information content (AvgIpc) is 2.70. The molecule has 0 unspecified atom stereocenters. The molecule has 0 atom stereocenters. The molecule has 0 spiro atoms. The first-order chi connectivity index (χ1) is 7.69. The van der Waals surface area contributed by atoms with Crippen LogP contribution in [0.2, 0.25) is 0 Å². The van der Waals surface area contributed by atoms with Crippen LogP contribution in [-0.4, -0.2) is 18.0 Å². The van der Waals surface area contributed by atoms with Gasteiger partial charge in [0.2, 0.25) is 0 Å². The summed E-state index contributed by atoms with van der Waals surface area (Å²) in [7, 11) is 0. The number of hydrogen-bond acceptors (Lipinski definition) is 2. The van der Waals surface area contributed by atoms with Gasteiger partial charge >= 0.3 is 0 Å². The summed E-state index contributed by atoms with van der Waals surface area (Å²) in [5.41, 5.74) is 0. The van der Waals surface area contributed by atoms with E-state index in [1.54, 1.807) is 0 Å². The van der Waals surface area contributed by atoms with Crippen molar-refractivity contribution < 1.29 is 0 Å². The van der Waals surface area contributed by atoms with Crippen molar-refractivity contribution in [2.24, 2.45) is 5.92 Å². The summed E-state index contributed by atoms with van der Waals surface area (Å²) in [6, 6.07) is 2.24. The van der Waals surface area contributed by atoms with Gasteiger partial charge in [0.1, 0.15) is 0 Å². The molecule has 0 fully saturated rings. The fourth-order valence-corrected chi connectivity index (χ4v) is 3.37. The van der Waals surface area contributed by atoms with Gasteiger partial charge < -0.3 is 0 Å². The Labute approximate surface area is 112 Å². The lowest BCUT2D eigenvalue weighted by Gasteiger charge is -2.24. The zero-order valence-corrected chi connectivity index (χ0v) is 12.9. The molecule has 0 aliphatic rings. The molecule has 0 amide bonds. The van der Waals surface area contributed by atoms with Crippen LogP contribution in [0.15, 0.2) is 15.9 Å². The molecule has 3 heteroatoms. The third-order valence-electron chi connectivity index (χ3n) is 3.12. The molecule has 1 heterocycles. The monoisotopic (exact) mass is 303 g/mol. The topological polar surface area (TPSA) is 3.24 Å². The fourth-order valence-electron chi connectivity index (χ4n) is 1.87. The van der Waals surface area contributed by atoms with Gasteiger partial charge in [0.15, 0.2) is 0 Å². The van der Waals surface area contributed by atoms with Crippen LogP contribution in [0.1, 0.15) is 38.5 Å². The fraction of sp³-hybridized carbons (Fsp3) is 0.692. The molecule has 0 saturated carbocycles. The molecule has 0 radical (unpaired) electrons. The van der Waals surface area contributed by atoms with Gasteiger partial charge in [-0.3, -0.25) is 4.90 Å². The molecule has 0 aromatic carbocycles. The molecule has 0 aliphatic heterocycles. The van der Waals surface area contributed by atoms with Crippen LogP contribution in [0.5, 0.6) is 0 Å². The van der Waals surface area contributed by atoms with Crippen LogP contribution in [0.3, 0.4) is 0 Å². The highest BCUT2D eigenvalue weighted by atomic mass is 79.9. The van der Waals surface area contributed by atoms with Gasteiger partial charge in [0, 0.05) is 27.8 Å². The van der Waals surface area contributed by atoms with E-state index in [2.05, 4.69) is 53.0 Å². The molecule has 16 heavy (non-hydrogen) atoms. The SMILES string of the molecule is CCC(CC)CN(CC)Cc1cc(Br)cs1. The molecule has 0 saturated heterocycles. The lowest BCUT2D eigenvalue weighted by atomic mass is 10.0. The predicted octanol–water partition coefficient (Wildman–Crippen LogP) is 4.77. The van der Waals surface area contributed by atoms with Gasteiger partial charge in [-0.15, -0.1) is 11.3 Å². The van der Waals surface area contributed by atoms with E-state index in [0.717, 1.165) is 19.0 Å². The van der Waals surface area contributed by atoms with Crippen LogP contribution in [0.25, 0.3) is 0 Å². The molecule has 92 valence electrons. The summed E-state index contributed by atoms with van der Waals surface area (Å²) in [6.07, 6.45) is 2.59. The van der Waals surface area contributed by atoms with Crippen molar-refractivity contribution in [2.45, 2.75) is 40.2 Å². The molecule has 1 nitrogen and oxygen atoms in total. The zero-order chi connectivity index (χ0) is 12.0. The van der Waals surface area contributed by atoms with Crippen LogP contribution in [-0.2, 0) is 6.54 Å². The first-order valence-corrected chi connectivity index (χ1v) is 7.82. The maximum Gasteiger partial charge on any atom is 0.0328 e. The Hall–Kier alpha value is 0.140. The second kappa shape index (κ2) is 7.46. The van der Waals surface area contributed by atoms with Crippen LogP contribution >= 0.6 is 27.3 Å². The van der Waals surface area contributed by atoms with Crippen molar-refractivity contribution in [3.8, 4) is 0 Å². The summed E-state index contributed by atoms with van der Waals surface area (Å²) >= 11 is 5.36. The van der Waals surface area contributed by atoms with Crippen LogP contribution < -0.4 is 0 Å². The largest absolute Gasteiger partial charge is 0.298 e. The average molecular weight is 304 g/mol. The molecule has 0 aliphatic carbocycles. The first-order valence-electron chi connectivity index (χ1n) is 6.14. The van der Waals surface area contributed by atoms with Gasteiger partial charge in [0.05, 0.1) is 0 Å². The Morgan fingerprint density at radius 2 is 2.00 bits per heavy atom. The lowest BCUT2D eigenvalue weighted by Crippen LogP contribution is -2.28. The summed E-state index contributed by atoms with van der Waals surface area (Å²) in [4.78, 5) is 4.01. The lowest BCUT2D eigenvalue weighted by molar-refractivity contribution is 0.228. The summed E-state index contributed by atoms with van der Waals surface area (Å²) in [5.74, 6) is 0.850. The first kappa shape index (κ1) is 14.2. The van der Waals surface area contributed by atoms with E-state index in [-0.39, 0.29) is 0 Å². The molecular formula is C13H22BrNS. The third kappa shape index (κ3) is 4.56. The van der Waals surface area contributed by atoms with Crippen molar-refractivity contribution in [3.63, 3.8) is 0 Å². The number of nitrogens with zero attached hydrogens (tertiary/aromatic N) is 1. The van der Waals surface area contributed by atoms with Crippen LogP contribution in [0.4, 0.5) is 0 Å². The Bertz CT molecular complexity index is 294. The maximum absolute atomic E-state index is 3.51. The van der Waals surface area contributed by atoms with Gasteiger partial charge in [-0.2, -0.15) is 0 Å². The molecule has 0 bridgehead atoms. The van der Waals surface area contributed by atoms with E-state index in [0.29, 0.717) is 0 Å². The summed E-state index contributed by atoms with van der Waals surface area (Å²) in [5, 5.41) is 2.17. The van der Waals surface area contributed by atoms with Gasteiger partial charge in [-0.25, -0.2) is 0 Å². The second-order valence-corrected chi connectivity index (χ2v) is 6.15. The number of halogens is 1. The minimum absolute atomic E-state index is 0.850. The molecule has 1 rings (SSSR count).